The molecule has 116 valence electrons. The number of rotatable bonds is 3. The van der Waals surface area contributed by atoms with Gasteiger partial charge in [0.2, 0.25) is 0 Å². The fourth-order valence-electron chi connectivity index (χ4n) is 3.62. The van der Waals surface area contributed by atoms with Gasteiger partial charge in [-0.3, -0.25) is 0 Å². The summed E-state index contributed by atoms with van der Waals surface area (Å²) in [5.41, 5.74) is 6.52. The highest BCUT2D eigenvalue weighted by atomic mass is 16.3. The zero-order valence-electron chi connectivity index (χ0n) is 13.1. The third-order valence-corrected chi connectivity index (χ3v) is 4.71. The Bertz CT molecular complexity index is 957. The van der Waals surface area contributed by atoms with Crippen molar-refractivity contribution < 1.29 is 10.2 Å². The molecule has 0 unspecified atom stereocenters. The summed E-state index contributed by atoms with van der Waals surface area (Å²) in [6, 6.07) is 8.32. The lowest BCUT2D eigenvalue weighted by molar-refractivity contribution is 0.190. The van der Waals surface area contributed by atoms with Crippen molar-refractivity contribution in [2.75, 3.05) is 0 Å². The highest BCUT2D eigenvalue weighted by molar-refractivity contribution is 5.87. The fraction of sp³-hybridized carbons (Fsp3) is 0.200. The van der Waals surface area contributed by atoms with Crippen molar-refractivity contribution in [3.8, 4) is 11.1 Å². The zero-order chi connectivity index (χ0) is 16.0. The van der Waals surface area contributed by atoms with E-state index in [-0.39, 0.29) is 13.3 Å². The van der Waals surface area contributed by atoms with E-state index < -0.39 is 0 Å². The van der Waals surface area contributed by atoms with Gasteiger partial charge in [0.05, 0.1) is 17.6 Å². The van der Waals surface area contributed by atoms with Crippen molar-refractivity contribution >= 4 is 11.6 Å². The lowest BCUT2D eigenvalue weighted by Crippen LogP contribution is -2.29. The van der Waals surface area contributed by atoms with E-state index in [1.54, 1.807) is 0 Å². The van der Waals surface area contributed by atoms with E-state index >= 15 is 0 Å². The molecule has 0 atom stereocenters. The lowest BCUT2D eigenvalue weighted by Gasteiger charge is -2.11. The quantitative estimate of drug-likeness (QED) is 0.907. The van der Waals surface area contributed by atoms with Crippen LogP contribution in [0.1, 0.15) is 17.7 Å². The van der Waals surface area contributed by atoms with Crippen LogP contribution in [0.4, 0.5) is 0 Å². The normalized spacial score (nSPS) is 15.3. The van der Waals surface area contributed by atoms with Gasteiger partial charge in [-0.1, -0.05) is 48.1 Å². The maximum Gasteiger partial charge on any atom is 0.120 e. The number of benzene rings is 1. The second-order valence-electron chi connectivity index (χ2n) is 6.05. The second kappa shape index (κ2) is 5.37. The third-order valence-electron chi connectivity index (χ3n) is 4.71. The first-order valence-electron chi connectivity index (χ1n) is 7.87. The van der Waals surface area contributed by atoms with E-state index in [0.29, 0.717) is 0 Å². The maximum absolute atomic E-state index is 9.92. The molecule has 0 bridgehead atoms. The topological polar surface area (TPSA) is 45.4 Å². The summed E-state index contributed by atoms with van der Waals surface area (Å²) >= 11 is 0. The zero-order valence-corrected chi connectivity index (χ0v) is 13.1. The van der Waals surface area contributed by atoms with Crippen LogP contribution >= 0.6 is 0 Å². The van der Waals surface area contributed by atoms with Gasteiger partial charge >= 0.3 is 0 Å². The molecule has 2 aliphatic carbocycles. The summed E-state index contributed by atoms with van der Waals surface area (Å²) < 4.78 is 1.84. The number of aliphatic hydroxyl groups is 2. The van der Waals surface area contributed by atoms with E-state index in [9.17, 15) is 10.2 Å². The van der Waals surface area contributed by atoms with E-state index in [0.717, 1.165) is 33.8 Å². The molecule has 23 heavy (non-hydrogen) atoms. The Kier molecular flexibility index (Phi) is 3.33. The molecule has 2 N–H and O–H groups in total. The predicted octanol–water partition coefficient (Wildman–Crippen LogP) is 1.74. The first-order valence-corrected chi connectivity index (χ1v) is 7.87. The molecule has 0 spiro atoms. The molecule has 1 heterocycles. The van der Waals surface area contributed by atoms with E-state index in [2.05, 4.69) is 55.5 Å². The predicted molar refractivity (Wildman–Crippen MR) is 91.7 cm³/mol. The molecule has 2 aliphatic rings. The molecule has 0 saturated carbocycles. The van der Waals surface area contributed by atoms with Crippen LogP contribution in [0.3, 0.4) is 0 Å². The van der Waals surface area contributed by atoms with Crippen molar-refractivity contribution in [2.45, 2.75) is 26.7 Å². The average molecular weight is 305 g/mol. The summed E-state index contributed by atoms with van der Waals surface area (Å²) in [7, 11) is 0. The minimum atomic E-state index is -0.127. The Morgan fingerprint density at radius 1 is 1.13 bits per heavy atom. The molecule has 0 radical (unpaired) electrons. The van der Waals surface area contributed by atoms with Crippen molar-refractivity contribution in [3.63, 3.8) is 0 Å². The minimum Gasteiger partial charge on any atom is -0.390 e. The summed E-state index contributed by atoms with van der Waals surface area (Å²) in [6.07, 6.45) is 9.34. The number of nitrogens with zero attached hydrogens (tertiary/aromatic N) is 1. The molecule has 2 aromatic rings. The minimum absolute atomic E-state index is 0.0905. The smallest absolute Gasteiger partial charge is 0.120 e. The van der Waals surface area contributed by atoms with Gasteiger partial charge in [0, 0.05) is 10.8 Å². The van der Waals surface area contributed by atoms with Crippen molar-refractivity contribution in [3.05, 3.63) is 69.9 Å². The molecular formula is C20H19NO2. The van der Waals surface area contributed by atoms with E-state index in [4.69, 9.17) is 0 Å². The van der Waals surface area contributed by atoms with Gasteiger partial charge in [0.15, 0.2) is 0 Å². The van der Waals surface area contributed by atoms with Crippen molar-refractivity contribution in [2.24, 2.45) is 0 Å². The molecule has 0 saturated heterocycles. The molecule has 3 nitrogen and oxygen atoms in total. The highest BCUT2D eigenvalue weighted by Gasteiger charge is 2.23. The molecule has 3 heteroatoms. The number of aryl methyl sites for hydroxylation is 1. The molecule has 1 aromatic heterocycles. The number of allylic oxidation sites excluding steroid dienone is 4. The Morgan fingerprint density at radius 3 is 2.61 bits per heavy atom. The second-order valence-corrected chi connectivity index (χ2v) is 6.05. The summed E-state index contributed by atoms with van der Waals surface area (Å²) in [5, 5.41) is 22.0. The SMILES string of the molecule is Cc1ccc(-c2c(CO)n(CO)c3c2=CC2=CC=CCC=32)cc1. The Hall–Kier alpha value is -2.36. The summed E-state index contributed by atoms with van der Waals surface area (Å²) in [5.74, 6) is 0. The molecule has 1 aromatic carbocycles. The fourth-order valence-corrected chi connectivity index (χ4v) is 3.62. The molecular weight excluding hydrogens is 286 g/mol. The van der Waals surface area contributed by atoms with Gasteiger partial charge in [-0.2, -0.15) is 0 Å². The largest absolute Gasteiger partial charge is 0.390 e. The van der Waals surface area contributed by atoms with Crippen LogP contribution in [0.25, 0.3) is 22.8 Å². The van der Waals surface area contributed by atoms with Gasteiger partial charge in [-0.25, -0.2) is 0 Å². The molecule has 0 fully saturated rings. The standard InChI is InChI=1S/C20H19NO2/c1-13-6-8-14(9-7-13)19-17-10-15-4-2-3-5-16(15)20(17)21(12-23)18(19)11-22/h2-4,6-10,22-23H,5,11-12H2,1H3. The summed E-state index contributed by atoms with van der Waals surface area (Å²) in [6.45, 7) is 1.85. The van der Waals surface area contributed by atoms with E-state index in [1.165, 1.54) is 16.7 Å². The van der Waals surface area contributed by atoms with Crippen LogP contribution in [0.5, 0.6) is 0 Å². The van der Waals surface area contributed by atoms with Crippen LogP contribution in [0.15, 0.2) is 48.1 Å². The Balaban J connectivity index is 2.10. The van der Waals surface area contributed by atoms with Gasteiger partial charge in [-0.05, 0) is 36.1 Å². The Labute approximate surface area is 134 Å². The van der Waals surface area contributed by atoms with Crippen LogP contribution < -0.4 is 10.6 Å². The van der Waals surface area contributed by atoms with Gasteiger partial charge in [-0.15, -0.1) is 0 Å². The van der Waals surface area contributed by atoms with E-state index in [1.807, 2.05) is 4.57 Å². The number of hydrogen-bond donors (Lipinski definition) is 2. The number of fused-ring (bicyclic) bond motifs is 2. The number of aromatic nitrogens is 1. The van der Waals surface area contributed by atoms with Crippen LogP contribution in [-0.2, 0) is 13.3 Å². The van der Waals surface area contributed by atoms with Crippen molar-refractivity contribution in [1.29, 1.82) is 0 Å². The summed E-state index contributed by atoms with van der Waals surface area (Å²) in [4.78, 5) is 0. The lowest BCUT2D eigenvalue weighted by atomic mass is 10.0. The van der Waals surface area contributed by atoms with Gasteiger partial charge < -0.3 is 14.8 Å². The van der Waals surface area contributed by atoms with Gasteiger partial charge in [0.1, 0.15) is 6.73 Å². The highest BCUT2D eigenvalue weighted by Crippen LogP contribution is 2.27. The van der Waals surface area contributed by atoms with Crippen LogP contribution in [-0.4, -0.2) is 14.8 Å². The number of hydrogen-bond acceptors (Lipinski definition) is 2. The Morgan fingerprint density at radius 2 is 1.91 bits per heavy atom. The monoisotopic (exact) mass is 305 g/mol. The molecule has 0 aliphatic heterocycles. The molecule has 0 amide bonds. The first kappa shape index (κ1) is 14.2. The average Bonchev–Trinajstić information content (AvgIpc) is 3.09. The third kappa shape index (κ3) is 2.05. The van der Waals surface area contributed by atoms with Gasteiger partial charge in [0.25, 0.3) is 0 Å². The maximum atomic E-state index is 9.92. The molecule has 4 rings (SSSR count). The van der Waals surface area contributed by atoms with Crippen LogP contribution in [0.2, 0.25) is 0 Å². The number of aliphatic hydroxyl groups excluding tert-OH is 2. The van der Waals surface area contributed by atoms with Crippen LogP contribution in [0, 0.1) is 6.92 Å². The first-order chi connectivity index (χ1) is 11.2. The van der Waals surface area contributed by atoms with Crippen molar-refractivity contribution in [1.82, 2.24) is 4.57 Å².